The number of ketones is 1. The predicted octanol–water partition coefficient (Wildman–Crippen LogP) is 2.01. The summed E-state index contributed by atoms with van der Waals surface area (Å²) >= 11 is 0. The molecule has 156 valence electrons. The average molecular weight is 393 g/mol. The minimum atomic E-state index is -5.04. The topological polar surface area (TPSA) is 92.5 Å². The van der Waals surface area contributed by atoms with Crippen molar-refractivity contribution in [1.82, 2.24) is 10.2 Å². The zero-order chi connectivity index (χ0) is 20.9. The summed E-state index contributed by atoms with van der Waals surface area (Å²) in [5, 5.41) is 2.16. The second-order valence-electron chi connectivity index (χ2n) is 7.83. The Kier molecular flexibility index (Phi) is 8.25. The zero-order valence-electron chi connectivity index (χ0n) is 16.3. The van der Waals surface area contributed by atoms with Crippen LogP contribution < -0.4 is 11.1 Å². The maximum absolute atomic E-state index is 12.8. The molecular formula is C18H30F3N3O3. The molecule has 1 rings (SSSR count). The van der Waals surface area contributed by atoms with Gasteiger partial charge < -0.3 is 16.0 Å². The number of nitrogens with one attached hydrogen (secondary N) is 1. The van der Waals surface area contributed by atoms with E-state index in [1.165, 1.54) is 18.7 Å². The van der Waals surface area contributed by atoms with E-state index in [9.17, 15) is 27.6 Å². The van der Waals surface area contributed by atoms with E-state index < -0.39 is 48.3 Å². The lowest BCUT2D eigenvalue weighted by molar-refractivity contribution is -0.175. The fourth-order valence-corrected chi connectivity index (χ4v) is 3.16. The molecule has 1 aliphatic rings. The third-order valence-electron chi connectivity index (χ3n) is 4.91. The number of amides is 2. The summed E-state index contributed by atoms with van der Waals surface area (Å²) in [6.45, 7) is 6.00. The van der Waals surface area contributed by atoms with Crippen molar-refractivity contribution in [2.75, 3.05) is 6.54 Å². The van der Waals surface area contributed by atoms with Gasteiger partial charge in [0.05, 0.1) is 18.6 Å². The number of alkyl halides is 3. The molecule has 0 spiro atoms. The Morgan fingerprint density at radius 2 is 1.59 bits per heavy atom. The van der Waals surface area contributed by atoms with Crippen LogP contribution in [0.1, 0.15) is 53.4 Å². The van der Waals surface area contributed by atoms with E-state index in [1.54, 1.807) is 13.8 Å². The summed E-state index contributed by atoms with van der Waals surface area (Å²) in [6.07, 6.45) is -1.77. The SMILES string of the molecule is CC(C)C(N)C(=O)N(CC(=O)NC(C(=O)C(F)(F)F)C(C)C)C1CCCC1. The van der Waals surface area contributed by atoms with Gasteiger partial charge in [-0.25, -0.2) is 0 Å². The van der Waals surface area contributed by atoms with Crippen molar-refractivity contribution in [3.8, 4) is 0 Å². The molecule has 2 amide bonds. The van der Waals surface area contributed by atoms with Gasteiger partial charge in [-0.3, -0.25) is 14.4 Å². The van der Waals surface area contributed by atoms with Crippen LogP contribution in [-0.4, -0.2) is 53.3 Å². The van der Waals surface area contributed by atoms with Crippen LogP contribution in [0.3, 0.4) is 0 Å². The number of rotatable bonds is 8. The van der Waals surface area contributed by atoms with Crippen LogP contribution in [0.25, 0.3) is 0 Å². The van der Waals surface area contributed by atoms with Crippen LogP contribution in [0, 0.1) is 11.8 Å². The number of Topliss-reactive ketones (excluding diaryl/α,β-unsaturated/α-hetero) is 1. The van der Waals surface area contributed by atoms with Crippen LogP contribution in [0.5, 0.6) is 0 Å². The van der Waals surface area contributed by atoms with E-state index in [1.807, 2.05) is 0 Å². The Hall–Kier alpha value is -1.64. The first-order valence-corrected chi connectivity index (χ1v) is 9.32. The highest BCUT2D eigenvalue weighted by Gasteiger charge is 2.45. The smallest absolute Gasteiger partial charge is 0.344 e. The molecule has 0 aromatic carbocycles. The first kappa shape index (κ1) is 23.4. The minimum absolute atomic E-state index is 0.139. The van der Waals surface area contributed by atoms with Crippen LogP contribution in [0.4, 0.5) is 13.2 Å². The van der Waals surface area contributed by atoms with E-state index >= 15 is 0 Å². The van der Waals surface area contributed by atoms with Crippen molar-refractivity contribution in [2.24, 2.45) is 17.6 Å². The van der Waals surface area contributed by atoms with Gasteiger partial charge in [-0.1, -0.05) is 40.5 Å². The Balaban J connectivity index is 2.91. The molecule has 0 saturated heterocycles. The number of hydrogen-bond acceptors (Lipinski definition) is 4. The molecule has 0 aromatic rings. The molecule has 0 radical (unpaired) electrons. The van der Waals surface area contributed by atoms with Crippen molar-refractivity contribution in [2.45, 2.75) is 77.7 Å². The Morgan fingerprint density at radius 1 is 1.07 bits per heavy atom. The van der Waals surface area contributed by atoms with Crippen LogP contribution in [0.2, 0.25) is 0 Å². The van der Waals surface area contributed by atoms with Crippen molar-refractivity contribution < 1.29 is 27.6 Å². The van der Waals surface area contributed by atoms with Crippen molar-refractivity contribution in [1.29, 1.82) is 0 Å². The number of halogens is 3. The zero-order valence-corrected chi connectivity index (χ0v) is 16.3. The summed E-state index contributed by atoms with van der Waals surface area (Å²) in [7, 11) is 0. The van der Waals surface area contributed by atoms with E-state index in [2.05, 4.69) is 5.32 Å². The molecule has 1 aliphatic carbocycles. The van der Waals surface area contributed by atoms with Gasteiger partial charge in [0.15, 0.2) is 0 Å². The maximum atomic E-state index is 12.8. The molecule has 0 heterocycles. The first-order chi connectivity index (χ1) is 12.4. The predicted molar refractivity (Wildman–Crippen MR) is 94.6 cm³/mol. The summed E-state index contributed by atoms with van der Waals surface area (Å²) in [5.74, 6) is -4.06. The van der Waals surface area contributed by atoms with Gasteiger partial charge in [0.1, 0.15) is 0 Å². The minimum Gasteiger partial charge on any atom is -0.344 e. The van der Waals surface area contributed by atoms with Crippen molar-refractivity contribution >= 4 is 17.6 Å². The fraction of sp³-hybridized carbons (Fsp3) is 0.833. The van der Waals surface area contributed by atoms with E-state index in [4.69, 9.17) is 5.73 Å². The van der Waals surface area contributed by atoms with Crippen molar-refractivity contribution in [3.05, 3.63) is 0 Å². The second kappa shape index (κ2) is 9.52. The number of nitrogens with zero attached hydrogens (tertiary/aromatic N) is 1. The van der Waals surface area contributed by atoms with Crippen LogP contribution in [-0.2, 0) is 14.4 Å². The molecule has 0 aliphatic heterocycles. The molecule has 1 saturated carbocycles. The maximum Gasteiger partial charge on any atom is 0.452 e. The molecule has 2 unspecified atom stereocenters. The number of carbonyl (C=O) groups is 3. The molecule has 0 bridgehead atoms. The van der Waals surface area contributed by atoms with Gasteiger partial charge in [0, 0.05) is 6.04 Å². The van der Waals surface area contributed by atoms with Gasteiger partial charge in [-0.2, -0.15) is 13.2 Å². The second-order valence-corrected chi connectivity index (χ2v) is 7.83. The summed E-state index contributed by atoms with van der Waals surface area (Å²) in [5.41, 5.74) is 5.93. The Morgan fingerprint density at radius 3 is 2.00 bits per heavy atom. The highest BCUT2D eigenvalue weighted by molar-refractivity contribution is 5.94. The van der Waals surface area contributed by atoms with Gasteiger partial charge in [-0.15, -0.1) is 0 Å². The molecule has 1 fully saturated rings. The number of nitrogens with two attached hydrogens (primary N) is 1. The molecule has 6 nitrogen and oxygen atoms in total. The van der Waals surface area contributed by atoms with Gasteiger partial charge >= 0.3 is 6.18 Å². The normalized spacial score (nSPS) is 17.9. The summed E-state index contributed by atoms with van der Waals surface area (Å²) < 4.78 is 38.3. The first-order valence-electron chi connectivity index (χ1n) is 9.32. The monoisotopic (exact) mass is 393 g/mol. The van der Waals surface area contributed by atoms with Crippen molar-refractivity contribution in [3.63, 3.8) is 0 Å². The van der Waals surface area contributed by atoms with E-state index in [-0.39, 0.29) is 12.0 Å². The number of carbonyl (C=O) groups excluding carboxylic acids is 3. The molecular weight excluding hydrogens is 363 g/mol. The Labute approximate surface area is 158 Å². The molecule has 27 heavy (non-hydrogen) atoms. The molecule has 9 heteroatoms. The highest BCUT2D eigenvalue weighted by atomic mass is 19.4. The molecule has 2 atom stereocenters. The van der Waals surface area contributed by atoms with Gasteiger partial charge in [0.2, 0.25) is 11.8 Å². The lowest BCUT2D eigenvalue weighted by Crippen LogP contribution is -2.56. The van der Waals surface area contributed by atoms with Crippen LogP contribution >= 0.6 is 0 Å². The standard InChI is InChI=1S/C18H30F3N3O3/c1-10(2)14(22)17(27)24(12-7-5-6-8-12)9-13(25)23-15(11(3)4)16(26)18(19,20)21/h10-12,14-15H,5-9,22H2,1-4H3,(H,23,25). The quantitative estimate of drug-likeness (QED) is 0.660. The summed E-state index contributed by atoms with van der Waals surface area (Å²) in [4.78, 5) is 38.0. The number of hydrogen-bond donors (Lipinski definition) is 2. The third kappa shape index (κ3) is 6.48. The van der Waals surface area contributed by atoms with Gasteiger partial charge in [-0.05, 0) is 24.7 Å². The highest BCUT2D eigenvalue weighted by Crippen LogP contribution is 2.25. The van der Waals surface area contributed by atoms with E-state index in [0.717, 1.165) is 25.7 Å². The van der Waals surface area contributed by atoms with Gasteiger partial charge in [0.25, 0.3) is 5.78 Å². The fourth-order valence-electron chi connectivity index (χ4n) is 3.16. The lowest BCUT2D eigenvalue weighted by atomic mass is 9.99. The lowest BCUT2D eigenvalue weighted by Gasteiger charge is -2.32. The third-order valence-corrected chi connectivity index (χ3v) is 4.91. The molecule has 0 aromatic heterocycles. The largest absolute Gasteiger partial charge is 0.452 e. The van der Waals surface area contributed by atoms with E-state index in [0.29, 0.717) is 0 Å². The van der Waals surface area contributed by atoms with Crippen LogP contribution in [0.15, 0.2) is 0 Å². The summed E-state index contributed by atoms with van der Waals surface area (Å²) in [6, 6.07) is -2.64. The molecule has 3 N–H and O–H groups in total. The Bertz CT molecular complexity index is 544. The average Bonchev–Trinajstić information content (AvgIpc) is 3.08.